The minimum absolute atomic E-state index is 0.0183. The number of hydroxylamine groups is 1. The van der Waals surface area contributed by atoms with Gasteiger partial charge in [0.25, 0.3) is 16.0 Å². The highest BCUT2D eigenvalue weighted by Gasteiger charge is 2.55. The number of hydrogen-bond donors (Lipinski definition) is 2. The second-order valence-electron chi connectivity index (χ2n) is 8.55. The van der Waals surface area contributed by atoms with Crippen LogP contribution in [0.4, 0.5) is 0 Å². The van der Waals surface area contributed by atoms with Crippen molar-refractivity contribution in [1.82, 2.24) is 15.7 Å². The molecule has 4 atom stereocenters. The Morgan fingerprint density at radius 3 is 2.45 bits per heavy atom. The van der Waals surface area contributed by atoms with Gasteiger partial charge in [-0.05, 0) is 25.8 Å². The van der Waals surface area contributed by atoms with E-state index < -0.39 is 70.0 Å². The Balaban J connectivity index is 2.16. The zero-order valence-corrected chi connectivity index (χ0v) is 24.6. The lowest BCUT2D eigenvalue weighted by atomic mass is 10.0. The summed E-state index contributed by atoms with van der Waals surface area (Å²) < 4.78 is 43.3. The number of rotatable bonds is 17. The number of fused-ring (bicyclic) bond motifs is 1. The van der Waals surface area contributed by atoms with Gasteiger partial charge in [-0.25, -0.2) is 4.79 Å². The van der Waals surface area contributed by atoms with Gasteiger partial charge in [0.15, 0.2) is 11.8 Å². The summed E-state index contributed by atoms with van der Waals surface area (Å²) in [4.78, 5) is 69.6. The first-order valence-electron chi connectivity index (χ1n) is 12.5. The summed E-state index contributed by atoms with van der Waals surface area (Å²) in [7, 11) is -2.53. The van der Waals surface area contributed by atoms with Crippen molar-refractivity contribution in [3.8, 4) is 0 Å². The molecule has 226 valence electrons. The summed E-state index contributed by atoms with van der Waals surface area (Å²) in [6.45, 7) is 5.25. The van der Waals surface area contributed by atoms with Gasteiger partial charge in [-0.3, -0.25) is 28.3 Å². The number of thioether (sulfide) groups is 1. The van der Waals surface area contributed by atoms with Crippen molar-refractivity contribution >= 4 is 51.4 Å². The van der Waals surface area contributed by atoms with E-state index in [1.54, 1.807) is 13.8 Å². The molecule has 2 rings (SSSR count). The van der Waals surface area contributed by atoms with Crippen LogP contribution in [0.5, 0.6) is 0 Å². The lowest BCUT2D eigenvalue weighted by molar-refractivity contribution is -0.184. The first-order valence-corrected chi connectivity index (χ1v) is 15.2. The molecule has 0 saturated carbocycles. The number of carbonyl (C=O) groups is 5. The largest absolute Gasteiger partial charge is 0.425 e. The Hall–Kier alpha value is -2.57. The normalized spacial score (nSPS) is 20.2. The van der Waals surface area contributed by atoms with Crippen LogP contribution in [0.25, 0.3) is 0 Å². The second-order valence-corrected chi connectivity index (χ2v) is 11.6. The molecule has 0 radical (unpaired) electrons. The average Bonchev–Trinajstić information content (AvgIpc) is 2.90. The highest BCUT2D eigenvalue weighted by Crippen LogP contribution is 2.40. The monoisotopic (exact) mass is 609 g/mol. The van der Waals surface area contributed by atoms with Crippen LogP contribution >= 0.6 is 11.8 Å². The SMILES string of the molecule is CCCC(=O)OC(C)OC(=O)C1=C(COC)CS[C@@H]2C(NC(=O)C(NOCC)C(=O)COS(=O)(=O)CC)C(=O)N12. The third-order valence-corrected chi connectivity index (χ3v) is 8.07. The molecule has 0 aliphatic carbocycles. The smallest absolute Gasteiger partial charge is 0.358 e. The molecule has 2 aliphatic rings. The van der Waals surface area contributed by atoms with Gasteiger partial charge < -0.3 is 24.4 Å². The molecular weight excluding hydrogens is 574 g/mol. The molecule has 2 heterocycles. The summed E-state index contributed by atoms with van der Waals surface area (Å²) in [6, 6.07) is -2.80. The van der Waals surface area contributed by atoms with Crippen molar-refractivity contribution in [2.75, 3.05) is 38.4 Å². The van der Waals surface area contributed by atoms with Crippen LogP contribution < -0.4 is 10.8 Å². The highest BCUT2D eigenvalue weighted by molar-refractivity contribution is 8.00. The van der Waals surface area contributed by atoms with Crippen molar-refractivity contribution in [3.05, 3.63) is 11.3 Å². The summed E-state index contributed by atoms with van der Waals surface area (Å²) >= 11 is 1.25. The van der Waals surface area contributed by atoms with Crippen molar-refractivity contribution in [2.45, 2.75) is 64.3 Å². The number of amides is 2. The standard InChI is InChI=1S/C23H35N3O12S2/c1-6-9-16(28)37-13(4)38-23(31)19-14(10-34-5)12-39-22-18(21(30)26(19)22)24-20(29)17(25-35-7-2)15(27)11-36-40(32,33)8-3/h13,17-18,22,25H,6-12H2,1-5H3,(H,24,29)/t13?,17?,18?,22-/m1/s1. The fraction of sp³-hybridized carbons (Fsp3) is 0.696. The van der Waals surface area contributed by atoms with E-state index in [4.69, 9.17) is 19.0 Å². The first-order chi connectivity index (χ1) is 18.9. The Labute approximate surface area is 236 Å². The van der Waals surface area contributed by atoms with Crippen LogP contribution in [0.2, 0.25) is 0 Å². The van der Waals surface area contributed by atoms with E-state index in [1.807, 2.05) is 0 Å². The Morgan fingerprint density at radius 2 is 1.85 bits per heavy atom. The number of nitrogens with one attached hydrogen (secondary N) is 2. The number of β-lactam (4-membered cyclic amide) rings is 1. The van der Waals surface area contributed by atoms with Crippen LogP contribution in [-0.4, -0.2) is 105 Å². The van der Waals surface area contributed by atoms with Crippen molar-refractivity contribution in [2.24, 2.45) is 0 Å². The van der Waals surface area contributed by atoms with E-state index in [1.165, 1.54) is 32.7 Å². The van der Waals surface area contributed by atoms with Crippen LogP contribution in [0, 0.1) is 0 Å². The number of esters is 2. The number of ketones is 1. The number of hydrogen-bond acceptors (Lipinski definition) is 14. The van der Waals surface area contributed by atoms with Crippen molar-refractivity contribution in [1.29, 1.82) is 0 Å². The molecule has 2 N–H and O–H groups in total. The van der Waals surface area contributed by atoms with Crippen LogP contribution in [-0.2, 0) is 57.3 Å². The highest BCUT2D eigenvalue weighted by atomic mass is 32.2. The summed E-state index contributed by atoms with van der Waals surface area (Å²) in [5.74, 6) is -4.13. The lowest BCUT2D eigenvalue weighted by Crippen LogP contribution is -2.72. The van der Waals surface area contributed by atoms with E-state index in [0.717, 1.165) is 4.90 Å². The van der Waals surface area contributed by atoms with Crippen LogP contribution in [0.1, 0.15) is 40.5 Å². The molecule has 3 unspecified atom stereocenters. The van der Waals surface area contributed by atoms with Gasteiger partial charge in [-0.15, -0.1) is 11.8 Å². The van der Waals surface area contributed by atoms with E-state index in [9.17, 15) is 32.4 Å². The maximum Gasteiger partial charge on any atom is 0.358 e. The van der Waals surface area contributed by atoms with E-state index in [-0.39, 0.29) is 36.8 Å². The summed E-state index contributed by atoms with van der Waals surface area (Å²) in [5.41, 5.74) is 2.62. The quantitative estimate of drug-likeness (QED) is 0.0528. The van der Waals surface area contributed by atoms with E-state index in [0.29, 0.717) is 12.0 Å². The predicted molar refractivity (Wildman–Crippen MR) is 139 cm³/mol. The fourth-order valence-corrected chi connectivity index (χ4v) is 5.41. The maximum atomic E-state index is 13.1. The van der Waals surface area contributed by atoms with E-state index in [2.05, 4.69) is 15.0 Å². The molecule has 0 bridgehead atoms. The molecule has 17 heteroatoms. The molecule has 2 amide bonds. The minimum atomic E-state index is -3.95. The number of ether oxygens (including phenoxy) is 3. The predicted octanol–water partition coefficient (Wildman–Crippen LogP) is -0.636. The molecule has 0 aromatic carbocycles. The molecule has 40 heavy (non-hydrogen) atoms. The van der Waals surface area contributed by atoms with Gasteiger partial charge >= 0.3 is 11.9 Å². The van der Waals surface area contributed by atoms with Gasteiger partial charge in [0, 0.05) is 26.2 Å². The topological polar surface area (TPSA) is 193 Å². The molecule has 0 aromatic rings. The molecule has 0 aromatic heterocycles. The summed E-state index contributed by atoms with van der Waals surface area (Å²) in [6.07, 6.45) is -0.515. The molecular formula is C23H35N3O12S2. The van der Waals surface area contributed by atoms with Crippen LogP contribution in [0.3, 0.4) is 0 Å². The number of nitrogens with zero attached hydrogens (tertiary/aromatic N) is 1. The van der Waals surface area contributed by atoms with Crippen LogP contribution in [0.15, 0.2) is 11.3 Å². The van der Waals surface area contributed by atoms with Gasteiger partial charge in [-0.2, -0.15) is 13.9 Å². The van der Waals surface area contributed by atoms with Gasteiger partial charge in [-0.1, -0.05) is 6.92 Å². The zero-order chi connectivity index (χ0) is 30.0. The van der Waals surface area contributed by atoms with E-state index >= 15 is 0 Å². The maximum absolute atomic E-state index is 13.1. The second kappa shape index (κ2) is 15.4. The lowest BCUT2D eigenvalue weighted by Gasteiger charge is -2.49. The van der Waals surface area contributed by atoms with Gasteiger partial charge in [0.05, 0.1) is 19.0 Å². The van der Waals surface area contributed by atoms with Crippen molar-refractivity contribution < 1.29 is 55.6 Å². The van der Waals surface area contributed by atoms with Gasteiger partial charge in [0.2, 0.25) is 12.2 Å². The van der Waals surface area contributed by atoms with Crippen molar-refractivity contribution in [3.63, 3.8) is 0 Å². The average molecular weight is 610 g/mol. The first kappa shape index (κ1) is 33.6. The number of Topliss-reactive ketones (excluding diaryl/α,β-unsaturated/α-hetero) is 1. The number of carbonyl (C=O) groups excluding carboxylic acids is 5. The molecule has 15 nitrogen and oxygen atoms in total. The third-order valence-electron chi connectivity index (χ3n) is 5.55. The van der Waals surface area contributed by atoms with Gasteiger partial charge in [0.1, 0.15) is 23.7 Å². The fourth-order valence-electron chi connectivity index (χ4n) is 3.62. The minimum Gasteiger partial charge on any atom is -0.425 e. The zero-order valence-electron chi connectivity index (χ0n) is 22.9. The molecule has 1 fully saturated rings. The molecule has 2 aliphatic heterocycles. The number of methoxy groups -OCH3 is 1. The third kappa shape index (κ3) is 8.71. The Morgan fingerprint density at radius 1 is 1.15 bits per heavy atom. The Bertz CT molecular complexity index is 1110. The summed E-state index contributed by atoms with van der Waals surface area (Å²) in [5, 5.41) is 1.73. The Kier molecular flexibility index (Phi) is 13.0. The molecule has 1 saturated heterocycles. The molecule has 0 spiro atoms.